The molecule has 1 fully saturated rings. The lowest BCUT2D eigenvalue weighted by Crippen LogP contribution is -2.54. The minimum atomic E-state index is -4.55. The third-order valence-corrected chi connectivity index (χ3v) is 6.15. The molecule has 3 amide bonds. The Labute approximate surface area is 160 Å². The number of hydrogen-bond donors (Lipinski definition) is 1. The summed E-state index contributed by atoms with van der Waals surface area (Å²) in [5.41, 5.74) is -0.930. The predicted molar refractivity (Wildman–Crippen MR) is 93.9 cm³/mol. The Balaban J connectivity index is 1.96. The number of alkyl halides is 3. The number of piperazine rings is 1. The molecule has 0 aromatic heterocycles. The highest BCUT2D eigenvalue weighted by molar-refractivity contribution is 7.89. The summed E-state index contributed by atoms with van der Waals surface area (Å²) in [7, 11) is -0.854. The van der Waals surface area contributed by atoms with Crippen LogP contribution in [0.25, 0.3) is 0 Å². The van der Waals surface area contributed by atoms with Crippen molar-refractivity contribution in [3.63, 3.8) is 0 Å². The van der Waals surface area contributed by atoms with Crippen LogP contribution in [0.3, 0.4) is 0 Å². The highest BCUT2D eigenvalue weighted by atomic mass is 32.2. The van der Waals surface area contributed by atoms with Crippen molar-refractivity contribution in [2.75, 3.05) is 46.8 Å². The number of carbonyl (C=O) groups excluding carboxylic acids is 2. The van der Waals surface area contributed by atoms with E-state index in [1.807, 2.05) is 0 Å². The van der Waals surface area contributed by atoms with Gasteiger partial charge in [0, 0.05) is 40.3 Å². The fraction of sp³-hybridized carbons (Fsp3) is 0.500. The van der Waals surface area contributed by atoms with Crippen molar-refractivity contribution in [1.29, 1.82) is 0 Å². The van der Waals surface area contributed by atoms with Crippen LogP contribution in [0.5, 0.6) is 0 Å². The van der Waals surface area contributed by atoms with E-state index in [1.165, 1.54) is 9.80 Å². The second-order valence-corrected chi connectivity index (χ2v) is 8.30. The predicted octanol–water partition coefficient (Wildman–Crippen LogP) is 0.810. The number of nitrogens with one attached hydrogen (secondary N) is 1. The van der Waals surface area contributed by atoms with Gasteiger partial charge in [-0.25, -0.2) is 13.2 Å². The van der Waals surface area contributed by atoms with Crippen molar-refractivity contribution < 1.29 is 31.2 Å². The number of urea groups is 1. The van der Waals surface area contributed by atoms with Gasteiger partial charge in [0.1, 0.15) is 0 Å². The van der Waals surface area contributed by atoms with Crippen LogP contribution in [-0.2, 0) is 21.0 Å². The van der Waals surface area contributed by atoms with Crippen molar-refractivity contribution in [2.45, 2.75) is 11.1 Å². The Morgan fingerprint density at radius 2 is 1.61 bits per heavy atom. The van der Waals surface area contributed by atoms with Crippen molar-refractivity contribution in [2.24, 2.45) is 0 Å². The van der Waals surface area contributed by atoms with Crippen LogP contribution in [0.4, 0.5) is 18.0 Å². The number of halogens is 3. The van der Waals surface area contributed by atoms with Gasteiger partial charge in [0.15, 0.2) is 0 Å². The highest BCUT2D eigenvalue weighted by Crippen LogP contribution is 2.30. The van der Waals surface area contributed by atoms with E-state index in [-0.39, 0.29) is 43.5 Å². The van der Waals surface area contributed by atoms with E-state index in [0.717, 1.165) is 28.6 Å². The molecule has 0 aliphatic carbocycles. The molecular weight excluding hydrogens is 401 g/mol. The van der Waals surface area contributed by atoms with Crippen LogP contribution in [0.15, 0.2) is 29.2 Å². The van der Waals surface area contributed by atoms with Crippen molar-refractivity contribution in [3.8, 4) is 0 Å². The molecule has 8 nitrogen and oxygen atoms in total. The summed E-state index contributed by atoms with van der Waals surface area (Å²) in [6.07, 6.45) is -4.55. The van der Waals surface area contributed by atoms with Crippen LogP contribution < -0.4 is 5.32 Å². The lowest BCUT2D eigenvalue weighted by Gasteiger charge is -2.34. The topological polar surface area (TPSA) is 90.0 Å². The number of hydrogen-bond acceptors (Lipinski definition) is 4. The molecule has 1 aliphatic rings. The number of rotatable bonds is 4. The molecule has 12 heteroatoms. The zero-order valence-corrected chi connectivity index (χ0v) is 16.2. The first-order chi connectivity index (χ1) is 12.9. The molecule has 0 saturated carbocycles. The largest absolute Gasteiger partial charge is 0.416 e. The van der Waals surface area contributed by atoms with Gasteiger partial charge in [-0.1, -0.05) is 0 Å². The van der Waals surface area contributed by atoms with Gasteiger partial charge in [-0.2, -0.15) is 17.5 Å². The average molecular weight is 422 g/mol. The Hall–Kier alpha value is -2.34. The minimum absolute atomic E-state index is 0.00158. The quantitative estimate of drug-likeness (QED) is 0.778. The normalized spacial score (nSPS) is 16.0. The van der Waals surface area contributed by atoms with Gasteiger partial charge in [0.05, 0.1) is 17.0 Å². The highest BCUT2D eigenvalue weighted by Gasteiger charge is 2.33. The maximum Gasteiger partial charge on any atom is 0.416 e. The van der Waals surface area contributed by atoms with E-state index in [2.05, 4.69) is 5.32 Å². The smallest absolute Gasteiger partial charge is 0.347 e. The molecule has 2 rings (SSSR count). The summed E-state index contributed by atoms with van der Waals surface area (Å²) in [6, 6.07) is 2.80. The first kappa shape index (κ1) is 22.0. The van der Waals surface area contributed by atoms with E-state index in [4.69, 9.17) is 0 Å². The third-order valence-electron chi connectivity index (χ3n) is 4.23. The van der Waals surface area contributed by atoms with Gasteiger partial charge < -0.3 is 15.1 Å². The van der Waals surface area contributed by atoms with Crippen LogP contribution in [0, 0.1) is 0 Å². The van der Waals surface area contributed by atoms with Gasteiger partial charge in [-0.05, 0) is 24.3 Å². The molecule has 1 aliphatic heterocycles. The molecule has 1 aromatic rings. The molecule has 1 heterocycles. The summed E-state index contributed by atoms with van der Waals surface area (Å²) < 4.78 is 64.2. The van der Waals surface area contributed by atoms with Crippen molar-refractivity contribution >= 4 is 22.0 Å². The lowest BCUT2D eigenvalue weighted by atomic mass is 10.2. The summed E-state index contributed by atoms with van der Waals surface area (Å²) >= 11 is 0. The Morgan fingerprint density at radius 1 is 1.07 bits per heavy atom. The molecule has 1 aromatic carbocycles. The molecular formula is C16H21F3N4O4S. The van der Waals surface area contributed by atoms with E-state index in [0.29, 0.717) is 0 Å². The molecule has 0 bridgehead atoms. The van der Waals surface area contributed by atoms with E-state index in [1.54, 1.807) is 14.1 Å². The molecule has 0 radical (unpaired) electrons. The second-order valence-electron chi connectivity index (χ2n) is 6.36. The maximum absolute atomic E-state index is 12.6. The summed E-state index contributed by atoms with van der Waals surface area (Å²) in [5.74, 6) is -0.281. The van der Waals surface area contributed by atoms with Gasteiger partial charge in [-0.15, -0.1) is 0 Å². The van der Waals surface area contributed by atoms with Crippen LogP contribution in [-0.4, -0.2) is 81.3 Å². The SMILES string of the molecule is CN(C)C(=O)CNC(=O)N1CCN(S(=O)(=O)c2ccc(C(F)(F)F)cc2)CC1. The monoisotopic (exact) mass is 422 g/mol. The zero-order chi connectivity index (χ0) is 21.1. The molecule has 1 N–H and O–H groups in total. The van der Waals surface area contributed by atoms with Gasteiger partial charge in [-0.3, -0.25) is 4.79 Å². The number of benzene rings is 1. The molecule has 0 atom stereocenters. The van der Waals surface area contributed by atoms with E-state index in [9.17, 15) is 31.2 Å². The summed E-state index contributed by atoms with van der Waals surface area (Å²) in [4.78, 5) is 26.0. The molecule has 0 unspecified atom stereocenters. The van der Waals surface area contributed by atoms with Crippen molar-refractivity contribution in [1.82, 2.24) is 19.4 Å². The van der Waals surface area contributed by atoms with Gasteiger partial charge in [0.2, 0.25) is 15.9 Å². The number of nitrogens with zero attached hydrogens (tertiary/aromatic N) is 3. The summed E-state index contributed by atoms with van der Waals surface area (Å²) in [6.45, 7) is 0.0242. The van der Waals surface area contributed by atoms with Crippen molar-refractivity contribution in [3.05, 3.63) is 29.8 Å². The van der Waals surface area contributed by atoms with E-state index < -0.39 is 27.8 Å². The maximum atomic E-state index is 12.6. The number of likely N-dealkylation sites (N-methyl/N-ethyl adjacent to an activating group) is 1. The number of amides is 3. The molecule has 28 heavy (non-hydrogen) atoms. The fourth-order valence-corrected chi connectivity index (χ4v) is 3.94. The average Bonchev–Trinajstić information content (AvgIpc) is 2.65. The second kappa shape index (κ2) is 8.35. The lowest BCUT2D eigenvalue weighted by molar-refractivity contribution is -0.137. The van der Waals surface area contributed by atoms with Crippen LogP contribution in [0.1, 0.15) is 5.56 Å². The fourth-order valence-electron chi connectivity index (χ4n) is 2.52. The van der Waals surface area contributed by atoms with Gasteiger partial charge in [0.25, 0.3) is 0 Å². The first-order valence-electron chi connectivity index (χ1n) is 8.33. The number of carbonyl (C=O) groups is 2. The standard InChI is InChI=1S/C16H21F3N4O4S/c1-21(2)14(24)11-20-15(25)22-7-9-23(10-8-22)28(26,27)13-5-3-12(4-6-13)16(17,18)19/h3-6H,7-11H2,1-2H3,(H,20,25). The zero-order valence-electron chi connectivity index (χ0n) is 15.4. The first-order valence-corrected chi connectivity index (χ1v) is 9.77. The van der Waals surface area contributed by atoms with Crippen LogP contribution >= 0.6 is 0 Å². The van der Waals surface area contributed by atoms with E-state index >= 15 is 0 Å². The van der Waals surface area contributed by atoms with Gasteiger partial charge >= 0.3 is 12.2 Å². The third kappa shape index (κ3) is 5.13. The Kier molecular flexibility index (Phi) is 6.55. The number of sulfonamides is 1. The Bertz CT molecular complexity index is 817. The molecule has 0 spiro atoms. The molecule has 156 valence electrons. The Morgan fingerprint density at radius 3 is 2.07 bits per heavy atom. The summed E-state index contributed by atoms with van der Waals surface area (Å²) in [5, 5.41) is 2.46. The minimum Gasteiger partial charge on any atom is -0.347 e. The molecule has 1 saturated heterocycles. The van der Waals surface area contributed by atoms with Crippen LogP contribution in [0.2, 0.25) is 0 Å².